The van der Waals surface area contributed by atoms with Gasteiger partial charge in [-0.25, -0.2) is 4.79 Å². The number of aromatic hydroxyl groups is 1. The van der Waals surface area contributed by atoms with Crippen LogP contribution >= 0.6 is 15.9 Å². The molecule has 2 aromatic rings. The average Bonchev–Trinajstić information content (AvgIpc) is 2.72. The Hall–Kier alpha value is -2.80. The molecule has 1 aliphatic heterocycles. The standard InChI is InChI=1S/C22H22BrNO5/c1-29-18-12-16(20(22(27)28)19(25)13-18)3-2-14-8-10-24(11-9-14)21(26)15-4-6-17(23)7-5-15/h2-7,12-14,25H,8-11H2,1H3,(H,27,28)/b3-2+. The van der Waals surface area contributed by atoms with Crippen LogP contribution in [0.15, 0.2) is 46.9 Å². The molecule has 2 N–H and O–H groups in total. The molecule has 0 bridgehead atoms. The Labute approximate surface area is 177 Å². The van der Waals surface area contributed by atoms with Gasteiger partial charge in [-0.3, -0.25) is 4.79 Å². The fraction of sp³-hybridized carbons (Fsp3) is 0.273. The quantitative estimate of drug-likeness (QED) is 0.690. The Morgan fingerprint density at radius 1 is 1.17 bits per heavy atom. The Balaban J connectivity index is 1.67. The molecule has 0 radical (unpaired) electrons. The first-order chi connectivity index (χ1) is 13.9. The summed E-state index contributed by atoms with van der Waals surface area (Å²) >= 11 is 3.37. The summed E-state index contributed by atoms with van der Waals surface area (Å²) in [6.07, 6.45) is 5.24. The Morgan fingerprint density at radius 2 is 1.83 bits per heavy atom. The Morgan fingerprint density at radius 3 is 2.41 bits per heavy atom. The maximum absolute atomic E-state index is 12.6. The molecule has 0 atom stereocenters. The number of rotatable bonds is 5. The fourth-order valence-corrected chi connectivity index (χ4v) is 3.68. The van der Waals surface area contributed by atoms with Crippen LogP contribution in [-0.2, 0) is 0 Å². The van der Waals surface area contributed by atoms with E-state index < -0.39 is 5.97 Å². The minimum atomic E-state index is -1.19. The van der Waals surface area contributed by atoms with Gasteiger partial charge in [-0.2, -0.15) is 0 Å². The molecule has 0 saturated carbocycles. The number of phenols is 1. The van der Waals surface area contributed by atoms with Crippen molar-refractivity contribution in [3.63, 3.8) is 0 Å². The second-order valence-electron chi connectivity index (χ2n) is 6.91. The van der Waals surface area contributed by atoms with Crippen LogP contribution in [0.2, 0.25) is 0 Å². The lowest BCUT2D eigenvalue weighted by Crippen LogP contribution is -2.38. The monoisotopic (exact) mass is 459 g/mol. The van der Waals surface area contributed by atoms with Crippen molar-refractivity contribution in [2.24, 2.45) is 5.92 Å². The third-order valence-electron chi connectivity index (χ3n) is 5.04. The molecule has 1 fully saturated rings. The Bertz CT molecular complexity index is 931. The molecular weight excluding hydrogens is 438 g/mol. The minimum absolute atomic E-state index is 0.0193. The van der Waals surface area contributed by atoms with Crippen LogP contribution < -0.4 is 4.74 Å². The van der Waals surface area contributed by atoms with E-state index in [2.05, 4.69) is 15.9 Å². The molecule has 0 aliphatic carbocycles. The van der Waals surface area contributed by atoms with Crippen LogP contribution in [-0.4, -0.2) is 47.2 Å². The predicted octanol–water partition coefficient (Wildman–Crippen LogP) is 4.43. The number of likely N-dealkylation sites (tertiary alicyclic amines) is 1. The lowest BCUT2D eigenvalue weighted by molar-refractivity contribution is 0.0687. The lowest BCUT2D eigenvalue weighted by atomic mass is 9.94. The van der Waals surface area contributed by atoms with E-state index in [4.69, 9.17) is 4.74 Å². The number of carbonyl (C=O) groups excluding carboxylic acids is 1. The molecule has 0 unspecified atom stereocenters. The van der Waals surface area contributed by atoms with Crippen molar-refractivity contribution in [1.29, 1.82) is 0 Å². The fourth-order valence-electron chi connectivity index (χ4n) is 3.41. The van der Waals surface area contributed by atoms with Gasteiger partial charge in [0, 0.05) is 29.2 Å². The zero-order chi connectivity index (χ0) is 21.0. The molecule has 1 saturated heterocycles. The van der Waals surface area contributed by atoms with Crippen molar-refractivity contribution in [3.8, 4) is 11.5 Å². The first kappa shape index (κ1) is 20.9. The summed E-state index contributed by atoms with van der Waals surface area (Å²) in [6.45, 7) is 1.28. The van der Waals surface area contributed by atoms with Gasteiger partial charge in [0.2, 0.25) is 0 Å². The van der Waals surface area contributed by atoms with Gasteiger partial charge in [0.1, 0.15) is 17.1 Å². The molecule has 0 spiro atoms. The van der Waals surface area contributed by atoms with Crippen LogP contribution in [0.5, 0.6) is 11.5 Å². The molecule has 1 amide bonds. The van der Waals surface area contributed by atoms with Gasteiger partial charge in [-0.05, 0) is 54.7 Å². The maximum Gasteiger partial charge on any atom is 0.340 e. The van der Waals surface area contributed by atoms with Gasteiger partial charge in [-0.15, -0.1) is 0 Å². The van der Waals surface area contributed by atoms with E-state index in [1.807, 2.05) is 23.1 Å². The second-order valence-corrected chi connectivity index (χ2v) is 7.83. The topological polar surface area (TPSA) is 87.1 Å². The number of amides is 1. The zero-order valence-corrected chi connectivity index (χ0v) is 17.6. The molecule has 7 heteroatoms. The summed E-state index contributed by atoms with van der Waals surface area (Å²) in [6, 6.07) is 10.2. The maximum atomic E-state index is 12.6. The smallest absolute Gasteiger partial charge is 0.340 e. The molecule has 6 nitrogen and oxygen atoms in total. The number of ether oxygens (including phenoxy) is 1. The minimum Gasteiger partial charge on any atom is -0.507 e. The molecule has 1 aliphatic rings. The highest BCUT2D eigenvalue weighted by atomic mass is 79.9. The van der Waals surface area contributed by atoms with Crippen LogP contribution in [0.1, 0.15) is 39.1 Å². The van der Waals surface area contributed by atoms with E-state index in [9.17, 15) is 19.8 Å². The largest absolute Gasteiger partial charge is 0.507 e. The molecule has 3 rings (SSSR count). The van der Waals surface area contributed by atoms with E-state index in [0.29, 0.717) is 30.0 Å². The number of nitrogens with zero attached hydrogens (tertiary/aromatic N) is 1. The van der Waals surface area contributed by atoms with Crippen LogP contribution in [0, 0.1) is 5.92 Å². The van der Waals surface area contributed by atoms with Crippen molar-refractivity contribution >= 4 is 33.9 Å². The van der Waals surface area contributed by atoms with Gasteiger partial charge in [0.05, 0.1) is 7.11 Å². The van der Waals surface area contributed by atoms with E-state index in [1.54, 1.807) is 24.3 Å². The van der Waals surface area contributed by atoms with E-state index in [0.717, 1.165) is 17.3 Å². The number of hydrogen-bond acceptors (Lipinski definition) is 4. The number of benzene rings is 2. The first-order valence-corrected chi connectivity index (χ1v) is 10.1. The average molecular weight is 460 g/mol. The van der Waals surface area contributed by atoms with Gasteiger partial charge < -0.3 is 19.8 Å². The molecule has 29 heavy (non-hydrogen) atoms. The third-order valence-corrected chi connectivity index (χ3v) is 5.57. The Kier molecular flexibility index (Phi) is 6.59. The number of hydrogen-bond donors (Lipinski definition) is 2. The van der Waals surface area contributed by atoms with Crippen LogP contribution in [0.4, 0.5) is 0 Å². The first-order valence-electron chi connectivity index (χ1n) is 9.26. The third kappa shape index (κ3) is 4.98. The van der Waals surface area contributed by atoms with E-state index in [-0.39, 0.29) is 23.1 Å². The summed E-state index contributed by atoms with van der Waals surface area (Å²) in [5.41, 5.74) is 0.910. The summed E-state index contributed by atoms with van der Waals surface area (Å²) in [5.74, 6) is -0.891. The van der Waals surface area contributed by atoms with Crippen molar-refractivity contribution in [1.82, 2.24) is 4.90 Å². The summed E-state index contributed by atoms with van der Waals surface area (Å²) in [5, 5.41) is 19.4. The van der Waals surface area contributed by atoms with Gasteiger partial charge in [-0.1, -0.05) is 28.1 Å². The number of carboxylic acid groups (broad SMARTS) is 1. The number of methoxy groups -OCH3 is 1. The van der Waals surface area contributed by atoms with Gasteiger partial charge in [0.25, 0.3) is 5.91 Å². The second kappa shape index (κ2) is 9.13. The number of allylic oxidation sites excluding steroid dienone is 1. The number of carbonyl (C=O) groups is 2. The van der Waals surface area contributed by atoms with Crippen molar-refractivity contribution in [2.75, 3.05) is 20.2 Å². The normalized spacial score (nSPS) is 14.9. The highest BCUT2D eigenvalue weighted by Gasteiger charge is 2.23. The van der Waals surface area contributed by atoms with Gasteiger partial charge in [0.15, 0.2) is 0 Å². The number of carboxylic acids is 1. The zero-order valence-electron chi connectivity index (χ0n) is 16.0. The van der Waals surface area contributed by atoms with E-state index >= 15 is 0 Å². The van der Waals surface area contributed by atoms with Crippen molar-refractivity contribution in [3.05, 3.63) is 63.6 Å². The SMILES string of the molecule is COc1cc(O)c(C(=O)O)c(/C=C/C2CCN(C(=O)c3ccc(Br)cc3)CC2)c1. The van der Waals surface area contributed by atoms with Crippen molar-refractivity contribution < 1.29 is 24.5 Å². The summed E-state index contributed by atoms with van der Waals surface area (Å²) < 4.78 is 6.05. The number of halogens is 1. The number of aromatic carboxylic acids is 1. The van der Waals surface area contributed by atoms with Crippen LogP contribution in [0.3, 0.4) is 0 Å². The summed E-state index contributed by atoms with van der Waals surface area (Å²) in [7, 11) is 1.46. The highest BCUT2D eigenvalue weighted by Crippen LogP contribution is 2.30. The van der Waals surface area contributed by atoms with Gasteiger partial charge >= 0.3 is 5.97 Å². The number of piperidine rings is 1. The summed E-state index contributed by atoms with van der Waals surface area (Å²) in [4.78, 5) is 25.9. The molecule has 1 heterocycles. The highest BCUT2D eigenvalue weighted by molar-refractivity contribution is 9.10. The molecular formula is C22H22BrNO5. The lowest BCUT2D eigenvalue weighted by Gasteiger charge is -2.30. The molecule has 2 aromatic carbocycles. The predicted molar refractivity (Wildman–Crippen MR) is 113 cm³/mol. The van der Waals surface area contributed by atoms with Crippen LogP contribution in [0.25, 0.3) is 6.08 Å². The van der Waals surface area contributed by atoms with E-state index in [1.165, 1.54) is 13.2 Å². The molecule has 152 valence electrons. The van der Waals surface area contributed by atoms with Crippen molar-refractivity contribution in [2.45, 2.75) is 12.8 Å². The molecule has 0 aromatic heterocycles.